The largest absolute Gasteiger partial charge is 0.468 e. The molecule has 0 amide bonds. The number of ether oxygens (including phenoxy) is 1. The van der Waals surface area contributed by atoms with Crippen LogP contribution in [0.4, 0.5) is 0 Å². The number of unbranched alkanes of at least 4 members (excludes halogenated alkanes) is 1. The van der Waals surface area contributed by atoms with Gasteiger partial charge in [0.25, 0.3) is 6.47 Å². The topological polar surface area (TPSA) is 78.3 Å². The van der Waals surface area contributed by atoms with Crippen LogP contribution in [0.3, 0.4) is 0 Å². The molecule has 180 valence electrons. The summed E-state index contributed by atoms with van der Waals surface area (Å²) in [6.45, 7) is 10.8. The highest BCUT2D eigenvalue weighted by Crippen LogP contribution is 2.61. The molecule has 4 nitrogen and oxygen atoms in total. The molecule has 0 aliphatic heterocycles. The van der Waals surface area contributed by atoms with Crippen LogP contribution in [0.5, 0.6) is 0 Å². The third-order valence-corrected chi connectivity index (χ3v) is 10.5. The molecule has 6 atom stereocenters. The van der Waals surface area contributed by atoms with Crippen molar-refractivity contribution in [1.82, 2.24) is 0 Å². The number of hydrogen-bond donors (Lipinski definition) is 2. The predicted octanol–water partition coefficient (Wildman–Crippen LogP) is 5.96. The third-order valence-electron chi connectivity index (χ3n) is 10.5. The first-order valence-corrected chi connectivity index (χ1v) is 13.3. The van der Waals surface area contributed by atoms with Crippen molar-refractivity contribution in [1.29, 1.82) is 0 Å². The standard InChI is InChI=1S/C27H50N2O2/c1-5-21(27(29)17-8-7-14-24(27,2)3)19-26(28)16-10-15-25(4)22(12-13-23(25)26)11-6-9-18-31-20-30/h20-23H,5-19,28-29H2,1-4H3/t21-,22?,23?,25?,26?,27?/m0/s1. The lowest BCUT2D eigenvalue weighted by molar-refractivity contribution is -0.128. The minimum absolute atomic E-state index is 0.0665. The Kier molecular flexibility index (Phi) is 7.84. The highest BCUT2D eigenvalue weighted by Gasteiger charge is 2.58. The summed E-state index contributed by atoms with van der Waals surface area (Å²) >= 11 is 0. The highest BCUT2D eigenvalue weighted by atomic mass is 16.5. The molecule has 3 aliphatic carbocycles. The first kappa shape index (κ1) is 25.0. The number of rotatable bonds is 10. The summed E-state index contributed by atoms with van der Waals surface area (Å²) < 4.78 is 4.89. The fourth-order valence-electron chi connectivity index (χ4n) is 8.41. The fourth-order valence-corrected chi connectivity index (χ4v) is 8.41. The van der Waals surface area contributed by atoms with E-state index >= 15 is 0 Å². The Morgan fingerprint density at radius 2 is 1.74 bits per heavy atom. The second-order valence-electron chi connectivity index (χ2n) is 12.3. The van der Waals surface area contributed by atoms with Gasteiger partial charge in [-0.1, -0.05) is 53.4 Å². The second-order valence-corrected chi connectivity index (χ2v) is 12.3. The first-order valence-electron chi connectivity index (χ1n) is 13.3. The van der Waals surface area contributed by atoms with Gasteiger partial charge in [-0.3, -0.25) is 4.79 Å². The van der Waals surface area contributed by atoms with Crippen molar-refractivity contribution in [2.24, 2.45) is 40.1 Å². The van der Waals surface area contributed by atoms with Crippen LogP contribution in [0.15, 0.2) is 0 Å². The zero-order chi connectivity index (χ0) is 22.8. The van der Waals surface area contributed by atoms with E-state index in [0.29, 0.717) is 30.3 Å². The van der Waals surface area contributed by atoms with Crippen LogP contribution < -0.4 is 11.5 Å². The predicted molar refractivity (Wildman–Crippen MR) is 129 cm³/mol. The molecule has 0 radical (unpaired) electrons. The van der Waals surface area contributed by atoms with E-state index in [1.54, 1.807) is 0 Å². The van der Waals surface area contributed by atoms with Crippen LogP contribution >= 0.6 is 0 Å². The maximum atomic E-state index is 10.4. The number of carbonyl (C=O) groups is 1. The van der Waals surface area contributed by atoms with Gasteiger partial charge in [0.05, 0.1) is 6.61 Å². The molecular formula is C27H50N2O2. The summed E-state index contributed by atoms with van der Waals surface area (Å²) in [6, 6.07) is 0. The van der Waals surface area contributed by atoms with Crippen molar-refractivity contribution < 1.29 is 9.53 Å². The van der Waals surface area contributed by atoms with Crippen LogP contribution in [-0.4, -0.2) is 24.2 Å². The SMILES string of the molecule is CC[C@@H](CC1(N)CCCC2(C)C(CCCCOC=O)CCC12)C1(N)CCCCC1(C)C. The zero-order valence-corrected chi connectivity index (χ0v) is 20.9. The van der Waals surface area contributed by atoms with Crippen molar-refractivity contribution in [3.63, 3.8) is 0 Å². The molecule has 3 fully saturated rings. The average molecular weight is 435 g/mol. The summed E-state index contributed by atoms with van der Waals surface area (Å²) in [5.74, 6) is 1.89. The third kappa shape index (κ3) is 4.71. The van der Waals surface area contributed by atoms with Gasteiger partial charge in [0.2, 0.25) is 0 Å². The first-order chi connectivity index (χ1) is 14.6. The second kappa shape index (κ2) is 9.71. The molecule has 0 aromatic rings. The van der Waals surface area contributed by atoms with E-state index in [-0.39, 0.29) is 16.5 Å². The van der Waals surface area contributed by atoms with Crippen LogP contribution in [0.2, 0.25) is 0 Å². The molecule has 3 saturated carbocycles. The lowest BCUT2D eigenvalue weighted by Crippen LogP contribution is -2.63. The van der Waals surface area contributed by atoms with E-state index < -0.39 is 0 Å². The maximum absolute atomic E-state index is 10.4. The molecule has 0 saturated heterocycles. The van der Waals surface area contributed by atoms with Gasteiger partial charge in [0.1, 0.15) is 0 Å². The van der Waals surface area contributed by atoms with Crippen molar-refractivity contribution in [3.05, 3.63) is 0 Å². The lowest BCUT2D eigenvalue weighted by atomic mass is 9.52. The van der Waals surface area contributed by atoms with Gasteiger partial charge in [0, 0.05) is 11.1 Å². The van der Waals surface area contributed by atoms with E-state index in [1.165, 1.54) is 57.8 Å². The Balaban J connectivity index is 1.72. The van der Waals surface area contributed by atoms with E-state index in [0.717, 1.165) is 38.0 Å². The van der Waals surface area contributed by atoms with E-state index in [1.807, 2.05) is 0 Å². The molecule has 0 spiro atoms. The Morgan fingerprint density at radius 1 is 1.00 bits per heavy atom. The number of nitrogens with two attached hydrogens (primary N) is 2. The average Bonchev–Trinajstić information content (AvgIpc) is 3.06. The minimum atomic E-state index is -0.0865. The van der Waals surface area contributed by atoms with Gasteiger partial charge in [-0.15, -0.1) is 0 Å². The number of hydrogen-bond acceptors (Lipinski definition) is 4. The summed E-state index contributed by atoms with van der Waals surface area (Å²) in [5, 5.41) is 0. The Hall–Kier alpha value is -0.610. The highest BCUT2D eigenvalue weighted by molar-refractivity contribution is 5.36. The van der Waals surface area contributed by atoms with Crippen LogP contribution in [-0.2, 0) is 9.53 Å². The minimum Gasteiger partial charge on any atom is -0.468 e. The molecule has 31 heavy (non-hydrogen) atoms. The molecular weight excluding hydrogens is 384 g/mol. The van der Waals surface area contributed by atoms with Gasteiger partial charge in [-0.2, -0.15) is 0 Å². The quantitative estimate of drug-likeness (QED) is 0.328. The van der Waals surface area contributed by atoms with Crippen molar-refractivity contribution in [2.75, 3.05) is 6.61 Å². The summed E-state index contributed by atoms with van der Waals surface area (Å²) in [4.78, 5) is 10.4. The van der Waals surface area contributed by atoms with Crippen LogP contribution in [0, 0.1) is 28.6 Å². The normalized spacial score (nSPS) is 40.8. The summed E-state index contributed by atoms with van der Waals surface area (Å²) in [6.07, 6.45) is 16.9. The van der Waals surface area contributed by atoms with Crippen molar-refractivity contribution in [2.45, 2.75) is 129 Å². The fraction of sp³-hybridized carbons (Fsp3) is 0.963. The molecule has 5 unspecified atom stereocenters. The molecule has 3 rings (SSSR count). The van der Waals surface area contributed by atoms with E-state index in [2.05, 4.69) is 27.7 Å². The number of carbonyl (C=O) groups excluding carboxylic acids is 1. The monoisotopic (exact) mass is 434 g/mol. The lowest BCUT2D eigenvalue weighted by Gasteiger charge is -2.57. The van der Waals surface area contributed by atoms with Crippen LogP contribution in [0.25, 0.3) is 0 Å². The number of fused-ring (bicyclic) bond motifs is 1. The van der Waals surface area contributed by atoms with E-state index in [9.17, 15) is 4.79 Å². The zero-order valence-electron chi connectivity index (χ0n) is 20.9. The molecule has 4 heteroatoms. The molecule has 0 bridgehead atoms. The van der Waals surface area contributed by atoms with Gasteiger partial charge < -0.3 is 16.2 Å². The Bertz CT molecular complexity index is 608. The van der Waals surface area contributed by atoms with Crippen LogP contribution in [0.1, 0.15) is 118 Å². The summed E-state index contributed by atoms with van der Waals surface area (Å²) in [7, 11) is 0. The molecule has 0 aromatic heterocycles. The Labute approximate surface area is 191 Å². The molecule has 0 heterocycles. The molecule has 4 N–H and O–H groups in total. The van der Waals surface area contributed by atoms with Crippen molar-refractivity contribution >= 4 is 6.47 Å². The maximum Gasteiger partial charge on any atom is 0.293 e. The molecule has 3 aliphatic rings. The smallest absolute Gasteiger partial charge is 0.293 e. The summed E-state index contributed by atoms with van der Waals surface area (Å²) in [5.41, 5.74) is 15.1. The van der Waals surface area contributed by atoms with Gasteiger partial charge in [-0.25, -0.2) is 0 Å². The Morgan fingerprint density at radius 3 is 2.42 bits per heavy atom. The van der Waals surface area contributed by atoms with Gasteiger partial charge >= 0.3 is 0 Å². The van der Waals surface area contributed by atoms with Gasteiger partial charge in [0.15, 0.2) is 0 Å². The van der Waals surface area contributed by atoms with E-state index in [4.69, 9.17) is 16.2 Å². The van der Waals surface area contributed by atoms with Crippen molar-refractivity contribution in [3.8, 4) is 0 Å². The van der Waals surface area contributed by atoms with Gasteiger partial charge in [-0.05, 0) is 92.8 Å². The molecule has 0 aromatic carbocycles.